The number of nitrogens with one attached hydrogen (secondary N) is 8. The van der Waals surface area contributed by atoms with Crippen LogP contribution in [0.4, 0.5) is 10.5 Å². The van der Waals surface area contributed by atoms with Gasteiger partial charge in [-0.1, -0.05) is 56.7 Å². The molecule has 2 unspecified atom stereocenters. The monoisotopic (exact) mass is 1130 g/mol. The number of epoxide rings is 1. The molecule has 1 aromatic carbocycles. The molecule has 0 bridgehead atoms. The molecule has 80 heavy (non-hydrogen) atoms. The molecule has 0 radical (unpaired) electrons. The topological polar surface area (TPSA) is 375 Å². The largest absolute Gasteiger partial charge is 0.459 e. The average molecular weight is 1130 g/mol. The third-order valence-electron chi connectivity index (χ3n) is 13.8. The Morgan fingerprint density at radius 3 is 2.20 bits per heavy atom. The van der Waals surface area contributed by atoms with Gasteiger partial charge in [0.2, 0.25) is 35.4 Å². The van der Waals surface area contributed by atoms with Gasteiger partial charge in [-0.05, 0) is 114 Å². The van der Waals surface area contributed by atoms with Crippen LogP contribution in [0.1, 0.15) is 119 Å². The van der Waals surface area contributed by atoms with E-state index < -0.39 is 102 Å². The van der Waals surface area contributed by atoms with Crippen molar-refractivity contribution < 1.29 is 72.3 Å². The van der Waals surface area contributed by atoms with Gasteiger partial charge in [-0.3, -0.25) is 50.0 Å². The van der Waals surface area contributed by atoms with Crippen molar-refractivity contribution >= 4 is 53.2 Å². The van der Waals surface area contributed by atoms with Crippen LogP contribution in [-0.2, 0) is 63.9 Å². The number of carbonyl (C=O) groups excluding carboxylic acids is 8. The molecular formula is C55H86N10O15. The van der Waals surface area contributed by atoms with Crippen LogP contribution in [0.2, 0.25) is 0 Å². The number of hydrogen-bond donors (Lipinski definition) is 12. The Hall–Kier alpha value is -6.32. The second-order valence-corrected chi connectivity index (χ2v) is 21.2. The number of allylic oxidation sites excluding steroid dienone is 2. The van der Waals surface area contributed by atoms with Crippen LogP contribution in [0.3, 0.4) is 0 Å². The van der Waals surface area contributed by atoms with Gasteiger partial charge in [0.15, 0.2) is 6.35 Å². The summed E-state index contributed by atoms with van der Waals surface area (Å²) < 4.78 is 28.5. The molecule has 25 nitrogen and oxygen atoms in total. The molecule has 446 valence electrons. The fourth-order valence-electron chi connectivity index (χ4n) is 9.25. The summed E-state index contributed by atoms with van der Waals surface area (Å²) in [6.45, 7) is 14.4. The summed E-state index contributed by atoms with van der Waals surface area (Å²) in [5.41, 5.74) is 16.5. The first-order valence-corrected chi connectivity index (χ1v) is 27.4. The Balaban J connectivity index is 1.24. The van der Waals surface area contributed by atoms with E-state index >= 15 is 0 Å². The van der Waals surface area contributed by atoms with E-state index in [2.05, 4.69) is 49.7 Å². The molecule has 3 fully saturated rings. The Labute approximate surface area is 468 Å². The van der Waals surface area contributed by atoms with E-state index in [0.29, 0.717) is 62.9 Å². The average Bonchev–Trinajstić information content (AvgIpc) is 4.21. The molecule has 3 aliphatic rings. The van der Waals surface area contributed by atoms with Crippen molar-refractivity contribution in [1.82, 2.24) is 37.4 Å². The molecule has 3 heterocycles. The minimum atomic E-state index is -1.29. The summed E-state index contributed by atoms with van der Waals surface area (Å²) in [5.74, 6) is -3.74. The highest BCUT2D eigenvalue weighted by Crippen LogP contribution is 2.43. The van der Waals surface area contributed by atoms with E-state index in [9.17, 15) is 48.6 Å². The lowest BCUT2D eigenvalue weighted by Gasteiger charge is -2.39. The zero-order valence-corrected chi connectivity index (χ0v) is 47.3. The maximum absolute atomic E-state index is 13.7. The third-order valence-corrected chi connectivity index (χ3v) is 13.8. The number of ether oxygens (including phenoxy) is 5. The molecule has 0 aromatic heterocycles. The first-order chi connectivity index (χ1) is 37.9. The molecule has 7 amide bonds. The van der Waals surface area contributed by atoms with Crippen LogP contribution in [-0.4, -0.2) is 150 Å². The summed E-state index contributed by atoms with van der Waals surface area (Å²) in [7, 11) is 0. The van der Waals surface area contributed by atoms with Gasteiger partial charge in [0.1, 0.15) is 48.6 Å². The molecule has 1 aromatic rings. The number of aliphatic hydroxyl groups excluding tert-OH is 2. The summed E-state index contributed by atoms with van der Waals surface area (Å²) >= 11 is 0. The van der Waals surface area contributed by atoms with Crippen molar-refractivity contribution in [2.45, 2.75) is 193 Å². The fourth-order valence-corrected chi connectivity index (χ4v) is 9.25. The number of unbranched alkanes of at least 4 members (excludes halogenated alkanes) is 1. The van der Waals surface area contributed by atoms with Gasteiger partial charge in [0, 0.05) is 32.0 Å². The number of amides is 7. The number of benzene rings is 1. The highest BCUT2D eigenvalue weighted by Gasteiger charge is 2.58. The molecule has 13 atom stereocenters. The summed E-state index contributed by atoms with van der Waals surface area (Å²) in [5, 5.41) is 37.1. The zero-order chi connectivity index (χ0) is 59.1. The van der Waals surface area contributed by atoms with Crippen molar-refractivity contribution in [3.63, 3.8) is 0 Å². The second kappa shape index (κ2) is 32.8. The van der Waals surface area contributed by atoms with Gasteiger partial charge in [0.05, 0.1) is 37.4 Å². The summed E-state index contributed by atoms with van der Waals surface area (Å²) in [6, 6.07) is 3.09. The van der Waals surface area contributed by atoms with Gasteiger partial charge < -0.3 is 66.2 Å². The van der Waals surface area contributed by atoms with Crippen LogP contribution in [0.5, 0.6) is 0 Å². The number of carbonyl (C=O) groups is 8. The molecule has 4 rings (SSSR count). The van der Waals surface area contributed by atoms with Crippen LogP contribution in [0, 0.1) is 11.8 Å². The second-order valence-electron chi connectivity index (χ2n) is 21.2. The number of anilines is 1. The molecule has 0 aliphatic carbocycles. The lowest BCUT2D eigenvalue weighted by atomic mass is 9.87. The molecule has 25 heteroatoms. The number of esters is 1. The Kier molecular flexibility index (Phi) is 27.2. The van der Waals surface area contributed by atoms with Gasteiger partial charge in [0.25, 0.3) is 0 Å². The predicted octanol–water partition coefficient (Wildman–Crippen LogP) is 1.12. The molecule has 14 N–H and O–H groups in total. The maximum atomic E-state index is 13.7. The van der Waals surface area contributed by atoms with Gasteiger partial charge in [-0.15, -0.1) is 0 Å². The predicted molar refractivity (Wildman–Crippen MR) is 294 cm³/mol. The minimum absolute atomic E-state index is 0.100. The Bertz CT molecular complexity index is 2330. The number of rotatable bonds is 29. The Morgan fingerprint density at radius 2 is 1.56 bits per heavy atom. The van der Waals surface area contributed by atoms with Crippen molar-refractivity contribution in [2.24, 2.45) is 23.3 Å². The van der Waals surface area contributed by atoms with Crippen molar-refractivity contribution in [2.75, 3.05) is 25.0 Å². The number of hydrogen-bond acceptors (Lipinski definition) is 18. The van der Waals surface area contributed by atoms with Gasteiger partial charge in [-0.25, -0.2) is 10.2 Å². The minimum Gasteiger partial charge on any atom is -0.459 e. The molecule has 0 saturated carbocycles. The van der Waals surface area contributed by atoms with Crippen molar-refractivity contribution in [3.05, 3.63) is 65.8 Å². The van der Waals surface area contributed by atoms with Crippen LogP contribution < -0.4 is 54.2 Å². The fraction of sp³-hybridized carbons (Fsp3) is 0.636. The van der Waals surface area contributed by atoms with Crippen molar-refractivity contribution in [1.29, 1.82) is 0 Å². The molecule has 1 spiro atoms. The SMILES string of the molecule is CC(=O)N[C@@H](CCCCN)C(=O)N[C@H](C(=O)N[C@@H](CCCNC(N)O)C(=O)Nc1ccc(COC(=O)NNC(=O)C[C@@H]2CC3(CO3)[C@H](O)[C@@H](/C=C/C(C)=C/C[C@@H]3O[C@H](C)[C@H](NC(=O)/C=C\[C@H](C)OC(C)=O)C[C@@H]3C)O2)cc1)C(C)C. The lowest BCUT2D eigenvalue weighted by molar-refractivity contribution is -0.146. The smallest absolute Gasteiger partial charge is 0.426 e. The number of nitrogens with two attached hydrogens (primary N) is 2. The van der Waals surface area contributed by atoms with Crippen LogP contribution in [0.25, 0.3) is 0 Å². The van der Waals surface area contributed by atoms with Gasteiger partial charge in [-0.2, -0.15) is 0 Å². The third kappa shape index (κ3) is 23.0. The van der Waals surface area contributed by atoms with Crippen LogP contribution >= 0.6 is 0 Å². The highest BCUT2D eigenvalue weighted by molar-refractivity contribution is 5.99. The quantitative estimate of drug-likeness (QED) is 0.0102. The normalized spacial score (nSPS) is 24.7. The Morgan fingerprint density at radius 1 is 0.875 bits per heavy atom. The van der Waals surface area contributed by atoms with E-state index in [0.717, 1.165) is 5.57 Å². The zero-order valence-electron chi connectivity index (χ0n) is 47.3. The van der Waals surface area contributed by atoms with Crippen molar-refractivity contribution in [3.8, 4) is 0 Å². The molecule has 3 aliphatic heterocycles. The number of aliphatic hydroxyl groups is 2. The van der Waals surface area contributed by atoms with E-state index in [-0.39, 0.29) is 62.5 Å². The van der Waals surface area contributed by atoms with E-state index in [1.54, 1.807) is 51.1 Å². The first kappa shape index (κ1) is 66.2. The first-order valence-electron chi connectivity index (χ1n) is 27.4. The number of hydrazine groups is 1. The molecular weight excluding hydrogens is 1040 g/mol. The molecule has 3 saturated heterocycles. The highest BCUT2D eigenvalue weighted by atomic mass is 16.6. The lowest BCUT2D eigenvalue weighted by Crippen LogP contribution is -2.57. The maximum Gasteiger partial charge on any atom is 0.426 e. The van der Waals surface area contributed by atoms with Gasteiger partial charge >= 0.3 is 12.1 Å². The summed E-state index contributed by atoms with van der Waals surface area (Å²) in [4.78, 5) is 102. The standard InChI is InChI=1S/C55H86N10O15/c1-31(2)48(63-51(72)41(59-36(7)66)12-9-10-24-56)52(73)62-42(13-11-25-58-53(57)74)50(71)60-39-19-17-38(18-20-39)29-76-54(75)65-64-47(69)27-40-28-55(30-77-55)49(70)45(80-40)22-15-32(3)14-21-44-33(4)26-43(35(6)79-44)61-46(68)23-16-34(5)78-37(8)67/h14-20,22-23,31,33-35,40-45,48-49,53,58,70,74H,9-13,21,24-30,56-57H2,1-8H3,(H,59,66)(H,60,71)(H,61,68)(H,62,73)(H,63,72)(H,64,69)(H,65,75)/b22-15+,23-16-,32-14+/t33-,34-,35+,40+,41-,42-,43+,44-,45+,48-,49+,53?,55?/m0/s1. The summed E-state index contributed by atoms with van der Waals surface area (Å²) in [6.07, 6.45) is 6.33. The van der Waals surface area contributed by atoms with Crippen LogP contribution in [0.15, 0.2) is 60.2 Å². The van der Waals surface area contributed by atoms with E-state index in [1.807, 2.05) is 26.0 Å². The van der Waals surface area contributed by atoms with E-state index in [1.165, 1.54) is 26.0 Å². The van der Waals surface area contributed by atoms with E-state index in [4.69, 9.17) is 35.2 Å².